The Morgan fingerprint density at radius 2 is 1.96 bits per heavy atom. The Hall–Kier alpha value is -2.93. The van der Waals surface area contributed by atoms with Crippen LogP contribution in [0.3, 0.4) is 0 Å². The highest BCUT2D eigenvalue weighted by Crippen LogP contribution is 2.31. The molecule has 3 rings (SSSR count). The Labute approximate surface area is 148 Å². The summed E-state index contributed by atoms with van der Waals surface area (Å²) in [6, 6.07) is 12.6. The van der Waals surface area contributed by atoms with Crippen LogP contribution in [0.4, 0.5) is 10.5 Å². The van der Waals surface area contributed by atoms with Crippen molar-refractivity contribution in [2.75, 3.05) is 11.9 Å². The molecule has 1 saturated heterocycles. The molecule has 1 aliphatic heterocycles. The Balaban J connectivity index is 1.67. The van der Waals surface area contributed by atoms with E-state index in [1.165, 1.54) is 0 Å². The van der Waals surface area contributed by atoms with Gasteiger partial charge < -0.3 is 5.32 Å². The number of nitrogens with zero attached hydrogens (tertiary/aromatic N) is 2. The van der Waals surface area contributed by atoms with Crippen LogP contribution >= 0.6 is 11.8 Å². The number of nitrogens with one attached hydrogen (secondary N) is 1. The number of aromatic nitrogens is 1. The minimum absolute atomic E-state index is 0.256. The molecular formula is C18H15N3O3S. The van der Waals surface area contributed by atoms with Crippen molar-refractivity contribution in [3.8, 4) is 0 Å². The molecule has 126 valence electrons. The van der Waals surface area contributed by atoms with E-state index in [1.54, 1.807) is 42.6 Å². The molecule has 1 N–H and O–H groups in total. The molecule has 6 nitrogen and oxygen atoms in total. The fraction of sp³-hybridized carbons (Fsp3) is 0.111. The Morgan fingerprint density at radius 3 is 2.64 bits per heavy atom. The topological polar surface area (TPSA) is 79.4 Å². The van der Waals surface area contributed by atoms with Crippen LogP contribution in [0.15, 0.2) is 53.6 Å². The quantitative estimate of drug-likeness (QED) is 0.855. The third-order valence-electron chi connectivity index (χ3n) is 3.48. The van der Waals surface area contributed by atoms with Gasteiger partial charge in [-0.05, 0) is 49.0 Å². The number of thioether (sulfide) groups is 1. The number of carbonyl (C=O) groups excluding carboxylic acids is 3. The summed E-state index contributed by atoms with van der Waals surface area (Å²) in [7, 11) is 0. The van der Waals surface area contributed by atoms with Crippen LogP contribution in [0, 0.1) is 6.92 Å². The molecule has 0 atom stereocenters. The van der Waals surface area contributed by atoms with Gasteiger partial charge in [0.1, 0.15) is 6.54 Å². The number of aryl methyl sites for hydroxylation is 1. The summed E-state index contributed by atoms with van der Waals surface area (Å²) >= 11 is 0.805. The van der Waals surface area contributed by atoms with Crippen molar-refractivity contribution in [1.29, 1.82) is 0 Å². The number of pyridine rings is 1. The molecule has 1 aromatic carbocycles. The van der Waals surface area contributed by atoms with Gasteiger partial charge in [0.05, 0.1) is 10.6 Å². The van der Waals surface area contributed by atoms with E-state index < -0.39 is 17.1 Å². The smallest absolute Gasteiger partial charge is 0.294 e. The van der Waals surface area contributed by atoms with E-state index >= 15 is 0 Å². The maximum absolute atomic E-state index is 12.4. The Kier molecular flexibility index (Phi) is 4.95. The molecule has 3 amide bonds. The molecule has 0 unspecified atom stereocenters. The summed E-state index contributed by atoms with van der Waals surface area (Å²) in [5.41, 5.74) is 2.27. The van der Waals surface area contributed by atoms with Crippen LogP contribution in [-0.4, -0.2) is 33.5 Å². The molecule has 7 heteroatoms. The summed E-state index contributed by atoms with van der Waals surface area (Å²) in [6.45, 7) is 1.62. The zero-order valence-electron chi connectivity index (χ0n) is 13.4. The first kappa shape index (κ1) is 16.9. The number of amides is 3. The molecule has 2 heterocycles. The van der Waals surface area contributed by atoms with Crippen molar-refractivity contribution in [3.05, 3.63) is 64.8 Å². The summed E-state index contributed by atoms with van der Waals surface area (Å²) in [5.74, 6) is -0.912. The van der Waals surface area contributed by atoms with Crippen LogP contribution in [0.5, 0.6) is 0 Å². The Bertz CT molecular complexity index is 848. The van der Waals surface area contributed by atoms with Gasteiger partial charge >= 0.3 is 0 Å². The minimum Gasteiger partial charge on any atom is -0.325 e. The molecule has 2 aromatic rings. The summed E-state index contributed by atoms with van der Waals surface area (Å²) in [4.78, 5) is 41.8. The summed E-state index contributed by atoms with van der Waals surface area (Å²) in [5, 5.41) is 2.21. The molecule has 1 aliphatic rings. The van der Waals surface area contributed by atoms with E-state index in [0.717, 1.165) is 22.2 Å². The molecule has 25 heavy (non-hydrogen) atoms. The largest absolute Gasteiger partial charge is 0.325 e. The van der Waals surface area contributed by atoms with Crippen molar-refractivity contribution in [2.24, 2.45) is 0 Å². The fourth-order valence-corrected chi connectivity index (χ4v) is 3.04. The van der Waals surface area contributed by atoms with Crippen LogP contribution in [0.25, 0.3) is 6.08 Å². The number of anilines is 1. The van der Waals surface area contributed by atoms with Crippen molar-refractivity contribution in [1.82, 2.24) is 9.88 Å². The lowest BCUT2D eigenvalue weighted by molar-refractivity contribution is -0.127. The predicted octanol–water partition coefficient (Wildman–Crippen LogP) is 3.07. The average molecular weight is 353 g/mol. The zero-order chi connectivity index (χ0) is 17.8. The van der Waals surface area contributed by atoms with Crippen molar-refractivity contribution in [3.63, 3.8) is 0 Å². The molecule has 0 spiro atoms. The number of hydrogen-bond donors (Lipinski definition) is 1. The number of hydrogen-bond acceptors (Lipinski definition) is 5. The molecular weight excluding hydrogens is 338 g/mol. The van der Waals surface area contributed by atoms with E-state index in [2.05, 4.69) is 10.3 Å². The van der Waals surface area contributed by atoms with Crippen LogP contribution in [0.2, 0.25) is 0 Å². The average Bonchev–Trinajstić information content (AvgIpc) is 2.85. The standard InChI is InChI=1S/C18H15N3O3S/c1-12-5-7-13(8-6-12)20-16(22)11-21-17(23)15(25-18(21)24)10-14-4-2-3-9-19-14/h2-10H,11H2,1H3,(H,20,22)/b15-10+. The molecule has 0 saturated carbocycles. The maximum atomic E-state index is 12.4. The van der Waals surface area contributed by atoms with E-state index in [4.69, 9.17) is 0 Å². The van der Waals surface area contributed by atoms with E-state index in [1.807, 2.05) is 19.1 Å². The highest BCUT2D eigenvalue weighted by Gasteiger charge is 2.36. The molecule has 0 bridgehead atoms. The van der Waals surface area contributed by atoms with Crippen LogP contribution in [0.1, 0.15) is 11.3 Å². The SMILES string of the molecule is Cc1ccc(NC(=O)CN2C(=O)S/C(=C/c3ccccn3)C2=O)cc1. The van der Waals surface area contributed by atoms with Gasteiger partial charge in [-0.2, -0.15) is 0 Å². The van der Waals surface area contributed by atoms with Crippen LogP contribution in [-0.2, 0) is 9.59 Å². The number of imide groups is 1. The first-order valence-corrected chi connectivity index (χ1v) is 8.37. The second kappa shape index (κ2) is 7.31. The highest BCUT2D eigenvalue weighted by molar-refractivity contribution is 8.18. The lowest BCUT2D eigenvalue weighted by Crippen LogP contribution is -2.36. The van der Waals surface area contributed by atoms with Gasteiger partial charge in [0.25, 0.3) is 11.1 Å². The highest BCUT2D eigenvalue weighted by atomic mass is 32.2. The van der Waals surface area contributed by atoms with Crippen molar-refractivity contribution >= 4 is 40.6 Å². The molecule has 0 aliphatic carbocycles. The monoisotopic (exact) mass is 353 g/mol. The van der Waals surface area contributed by atoms with Gasteiger partial charge in [-0.25, -0.2) is 0 Å². The molecule has 1 fully saturated rings. The number of rotatable bonds is 4. The second-order valence-corrected chi connectivity index (χ2v) is 6.43. The third kappa shape index (κ3) is 4.13. The normalized spacial score (nSPS) is 15.7. The van der Waals surface area contributed by atoms with E-state index in [9.17, 15) is 14.4 Å². The van der Waals surface area contributed by atoms with Gasteiger partial charge in [-0.15, -0.1) is 0 Å². The van der Waals surface area contributed by atoms with Gasteiger partial charge in [0, 0.05) is 11.9 Å². The van der Waals surface area contributed by atoms with Gasteiger partial charge in [0.2, 0.25) is 5.91 Å². The molecule has 0 radical (unpaired) electrons. The van der Waals surface area contributed by atoms with E-state index in [-0.39, 0.29) is 11.4 Å². The number of benzene rings is 1. The lowest BCUT2D eigenvalue weighted by atomic mass is 10.2. The number of carbonyl (C=O) groups is 3. The summed E-state index contributed by atoms with van der Waals surface area (Å²) < 4.78 is 0. The maximum Gasteiger partial charge on any atom is 0.294 e. The predicted molar refractivity (Wildman–Crippen MR) is 96.7 cm³/mol. The Morgan fingerprint density at radius 1 is 1.20 bits per heavy atom. The fourth-order valence-electron chi connectivity index (χ4n) is 2.21. The first-order valence-electron chi connectivity index (χ1n) is 7.56. The van der Waals surface area contributed by atoms with Crippen molar-refractivity contribution < 1.29 is 14.4 Å². The zero-order valence-corrected chi connectivity index (χ0v) is 14.2. The minimum atomic E-state index is -0.486. The lowest BCUT2D eigenvalue weighted by Gasteiger charge is -2.12. The van der Waals surface area contributed by atoms with Gasteiger partial charge in [0.15, 0.2) is 0 Å². The van der Waals surface area contributed by atoms with Gasteiger partial charge in [-0.3, -0.25) is 24.3 Å². The van der Waals surface area contributed by atoms with E-state index in [0.29, 0.717) is 11.4 Å². The first-order chi connectivity index (χ1) is 12.0. The van der Waals surface area contributed by atoms with Crippen molar-refractivity contribution in [2.45, 2.75) is 6.92 Å². The second-order valence-electron chi connectivity index (χ2n) is 5.44. The van der Waals surface area contributed by atoms with Gasteiger partial charge in [-0.1, -0.05) is 23.8 Å². The third-order valence-corrected chi connectivity index (χ3v) is 4.38. The summed E-state index contributed by atoms with van der Waals surface area (Å²) in [6.07, 6.45) is 3.15. The molecule has 1 aromatic heterocycles. The van der Waals surface area contributed by atoms with Crippen LogP contribution < -0.4 is 5.32 Å².